The first-order valence-corrected chi connectivity index (χ1v) is 8.71. The van der Waals surface area contributed by atoms with Gasteiger partial charge in [-0.2, -0.15) is 18.3 Å². The maximum absolute atomic E-state index is 13.4. The Morgan fingerprint density at radius 2 is 1.87 bits per heavy atom. The van der Waals surface area contributed by atoms with E-state index in [1.165, 1.54) is 35.3 Å². The molecule has 0 unspecified atom stereocenters. The predicted molar refractivity (Wildman–Crippen MR) is 100 cm³/mol. The molecule has 0 aliphatic carbocycles. The van der Waals surface area contributed by atoms with Crippen LogP contribution in [0.5, 0.6) is 0 Å². The van der Waals surface area contributed by atoms with Crippen LogP contribution in [0.4, 0.5) is 19.0 Å². The van der Waals surface area contributed by atoms with Crippen molar-refractivity contribution in [2.45, 2.75) is 13.1 Å². The number of halogens is 3. The van der Waals surface area contributed by atoms with Gasteiger partial charge in [0.1, 0.15) is 12.1 Å². The predicted octanol–water partition coefficient (Wildman–Crippen LogP) is 3.43. The van der Waals surface area contributed by atoms with E-state index in [0.717, 1.165) is 10.7 Å². The lowest BCUT2D eigenvalue weighted by atomic mass is 10.1. The van der Waals surface area contributed by atoms with E-state index in [2.05, 4.69) is 25.9 Å². The van der Waals surface area contributed by atoms with Crippen LogP contribution in [0.25, 0.3) is 11.4 Å². The highest BCUT2D eigenvalue weighted by Crippen LogP contribution is 2.34. The first-order valence-electron chi connectivity index (χ1n) is 8.71. The van der Waals surface area contributed by atoms with Gasteiger partial charge in [0.15, 0.2) is 0 Å². The molecule has 152 valence electrons. The monoisotopic (exact) mass is 413 g/mol. The van der Waals surface area contributed by atoms with Crippen molar-refractivity contribution in [2.24, 2.45) is 0 Å². The van der Waals surface area contributed by atoms with Crippen LogP contribution in [0, 0.1) is 6.92 Å². The van der Waals surface area contributed by atoms with Crippen LogP contribution in [0.3, 0.4) is 0 Å². The molecule has 2 aromatic carbocycles. The van der Waals surface area contributed by atoms with Gasteiger partial charge in [0.25, 0.3) is 5.91 Å². The number of benzene rings is 2. The number of rotatable bonds is 4. The molecule has 30 heavy (non-hydrogen) atoms. The van der Waals surface area contributed by atoms with Gasteiger partial charge in [0.05, 0.1) is 22.6 Å². The number of amides is 1. The minimum absolute atomic E-state index is 0.113. The Morgan fingerprint density at radius 3 is 2.60 bits per heavy atom. The number of para-hydroxylation sites is 1. The van der Waals surface area contributed by atoms with E-state index in [9.17, 15) is 18.0 Å². The van der Waals surface area contributed by atoms with Crippen molar-refractivity contribution in [1.29, 1.82) is 0 Å². The number of aryl methyl sites for hydroxylation is 1. The molecule has 1 amide bonds. The quantitative estimate of drug-likeness (QED) is 0.554. The minimum Gasteiger partial charge on any atom is -0.306 e. The molecule has 2 heterocycles. The lowest BCUT2D eigenvalue weighted by Crippen LogP contribution is -2.17. The Labute approximate surface area is 167 Å². The smallest absolute Gasteiger partial charge is 0.306 e. The summed E-state index contributed by atoms with van der Waals surface area (Å²) in [6.45, 7) is 1.63. The number of hydrogen-bond donors (Lipinski definition) is 1. The number of carbonyl (C=O) groups excluding carboxylic acids is 1. The third-order valence-electron chi connectivity index (χ3n) is 4.23. The second-order valence-electron chi connectivity index (χ2n) is 6.36. The number of aromatic nitrogens is 6. The molecule has 0 aliphatic heterocycles. The molecule has 0 spiro atoms. The summed E-state index contributed by atoms with van der Waals surface area (Å²) in [6.07, 6.45) is -3.19. The van der Waals surface area contributed by atoms with E-state index in [1.807, 2.05) is 0 Å². The normalized spacial score (nSPS) is 11.5. The average Bonchev–Trinajstić information content (AvgIpc) is 3.37. The lowest BCUT2D eigenvalue weighted by Gasteiger charge is -2.15. The number of nitrogens with zero attached hydrogens (tertiary/aromatic N) is 6. The Hall–Kier alpha value is -4.02. The minimum atomic E-state index is -4.57. The molecule has 8 nitrogen and oxygen atoms in total. The van der Waals surface area contributed by atoms with E-state index in [1.54, 1.807) is 31.2 Å². The van der Waals surface area contributed by atoms with Crippen molar-refractivity contribution < 1.29 is 18.0 Å². The van der Waals surface area contributed by atoms with Gasteiger partial charge >= 0.3 is 6.18 Å². The zero-order valence-corrected chi connectivity index (χ0v) is 15.5. The lowest BCUT2D eigenvalue weighted by molar-refractivity contribution is -0.137. The highest BCUT2D eigenvalue weighted by Gasteiger charge is 2.34. The van der Waals surface area contributed by atoms with Gasteiger partial charge in [0, 0.05) is 11.6 Å². The zero-order chi connectivity index (χ0) is 21.3. The Bertz CT molecular complexity index is 1200. The molecular weight excluding hydrogens is 399 g/mol. The van der Waals surface area contributed by atoms with Crippen LogP contribution < -0.4 is 5.32 Å². The largest absolute Gasteiger partial charge is 0.418 e. The molecule has 4 rings (SSSR count). The number of nitrogens with one attached hydrogen (secondary N) is 1. The van der Waals surface area contributed by atoms with E-state index in [-0.39, 0.29) is 17.1 Å². The fourth-order valence-electron chi connectivity index (χ4n) is 2.93. The topological polar surface area (TPSA) is 90.5 Å². The van der Waals surface area contributed by atoms with Gasteiger partial charge in [0.2, 0.25) is 0 Å². The number of alkyl halides is 3. The van der Waals surface area contributed by atoms with Crippen LogP contribution in [0.1, 0.15) is 21.6 Å². The first kappa shape index (κ1) is 19.3. The van der Waals surface area contributed by atoms with Crippen molar-refractivity contribution in [2.75, 3.05) is 5.32 Å². The van der Waals surface area contributed by atoms with Gasteiger partial charge in [-0.1, -0.05) is 18.2 Å². The summed E-state index contributed by atoms with van der Waals surface area (Å²) >= 11 is 0. The third kappa shape index (κ3) is 3.77. The second-order valence-corrected chi connectivity index (χ2v) is 6.36. The molecule has 0 saturated heterocycles. The maximum Gasteiger partial charge on any atom is 0.418 e. The van der Waals surface area contributed by atoms with Crippen molar-refractivity contribution in [3.05, 3.63) is 77.7 Å². The molecule has 1 N–H and O–H groups in total. The van der Waals surface area contributed by atoms with Crippen molar-refractivity contribution >= 4 is 11.7 Å². The molecule has 4 aromatic rings. The summed E-state index contributed by atoms with van der Waals surface area (Å²) in [4.78, 5) is 12.8. The maximum atomic E-state index is 13.4. The van der Waals surface area contributed by atoms with E-state index in [0.29, 0.717) is 11.4 Å². The molecule has 0 aliphatic rings. The highest BCUT2D eigenvalue weighted by molar-refractivity contribution is 6.04. The molecule has 0 fully saturated rings. The van der Waals surface area contributed by atoms with Crippen molar-refractivity contribution in [1.82, 2.24) is 30.0 Å². The van der Waals surface area contributed by atoms with E-state index in [4.69, 9.17) is 0 Å². The fraction of sp³-hybridized carbons (Fsp3) is 0.105. The van der Waals surface area contributed by atoms with E-state index >= 15 is 0 Å². The van der Waals surface area contributed by atoms with Gasteiger partial charge in [-0.3, -0.25) is 4.79 Å². The Balaban J connectivity index is 1.68. The summed E-state index contributed by atoms with van der Waals surface area (Å²) in [5.74, 6) is -0.405. The molecular formula is C19H14F3N7O. The molecule has 0 atom stereocenters. The van der Waals surface area contributed by atoms with Crippen LogP contribution in [0.2, 0.25) is 0 Å². The average molecular weight is 413 g/mol. The highest BCUT2D eigenvalue weighted by atomic mass is 19.4. The summed E-state index contributed by atoms with van der Waals surface area (Å²) < 4.78 is 42.7. The standard InChI is InChI=1S/C19H14F3N7O/c1-12-9-17(29(25-12)16-8-3-2-7-15(16)19(20,21)22)24-18(30)13-5-4-6-14(10-13)28-11-23-26-27-28/h2-11H,1H3,(H,24,30). The van der Waals surface area contributed by atoms with Gasteiger partial charge < -0.3 is 5.32 Å². The summed E-state index contributed by atoms with van der Waals surface area (Å²) in [7, 11) is 0. The number of hydrogen-bond acceptors (Lipinski definition) is 5. The summed E-state index contributed by atoms with van der Waals surface area (Å²) in [6, 6.07) is 13.0. The number of tetrazole rings is 1. The number of carbonyl (C=O) groups is 1. The van der Waals surface area contributed by atoms with Gasteiger partial charge in [-0.25, -0.2) is 9.36 Å². The fourth-order valence-corrected chi connectivity index (χ4v) is 2.93. The van der Waals surface area contributed by atoms with Crippen LogP contribution >= 0.6 is 0 Å². The summed E-state index contributed by atoms with van der Waals surface area (Å²) in [5, 5.41) is 17.6. The van der Waals surface area contributed by atoms with Crippen LogP contribution in [-0.4, -0.2) is 35.9 Å². The Morgan fingerprint density at radius 1 is 1.07 bits per heavy atom. The van der Waals surface area contributed by atoms with Crippen LogP contribution in [0.15, 0.2) is 60.9 Å². The molecule has 2 aromatic heterocycles. The van der Waals surface area contributed by atoms with E-state index < -0.39 is 17.6 Å². The van der Waals surface area contributed by atoms with Gasteiger partial charge in [-0.15, -0.1) is 5.10 Å². The SMILES string of the molecule is Cc1cc(NC(=O)c2cccc(-n3cnnn3)c2)n(-c2ccccc2C(F)(F)F)n1. The summed E-state index contributed by atoms with van der Waals surface area (Å²) in [5.41, 5.74) is 0.238. The van der Waals surface area contributed by atoms with Crippen molar-refractivity contribution in [3.8, 4) is 11.4 Å². The molecule has 0 bridgehead atoms. The second kappa shape index (κ2) is 7.43. The molecule has 0 saturated carbocycles. The molecule has 0 radical (unpaired) electrons. The van der Waals surface area contributed by atoms with Crippen molar-refractivity contribution in [3.63, 3.8) is 0 Å². The van der Waals surface area contributed by atoms with Gasteiger partial charge in [-0.05, 0) is 47.7 Å². The Kier molecular flexibility index (Phi) is 4.78. The van der Waals surface area contributed by atoms with Crippen LogP contribution in [-0.2, 0) is 6.18 Å². The molecule has 11 heteroatoms. The third-order valence-corrected chi connectivity index (χ3v) is 4.23. The zero-order valence-electron chi connectivity index (χ0n) is 15.5. The first-order chi connectivity index (χ1) is 14.3. The number of anilines is 1.